The standard InChI is InChI=1S/C13H10ClF2NS/c14-11-5-9(17)2-1-8(11)7-18-10-3-4-12(15)13(16)6-10/h1-6H,7,17H2. The highest BCUT2D eigenvalue weighted by Gasteiger charge is 2.05. The van der Waals surface area contributed by atoms with Gasteiger partial charge in [0, 0.05) is 21.4 Å². The Balaban J connectivity index is 2.09. The van der Waals surface area contributed by atoms with Crippen LogP contribution in [0.4, 0.5) is 14.5 Å². The first-order valence-electron chi connectivity index (χ1n) is 5.18. The van der Waals surface area contributed by atoms with Crippen LogP contribution in [-0.2, 0) is 5.75 Å². The van der Waals surface area contributed by atoms with Crippen molar-refractivity contribution >= 4 is 29.1 Å². The molecule has 0 saturated heterocycles. The molecule has 0 aromatic heterocycles. The number of nitrogen functional groups attached to an aromatic ring is 1. The van der Waals surface area contributed by atoms with Crippen LogP contribution in [0.1, 0.15) is 5.56 Å². The molecule has 2 aromatic rings. The first-order chi connectivity index (χ1) is 8.56. The van der Waals surface area contributed by atoms with E-state index < -0.39 is 11.6 Å². The molecular weight excluding hydrogens is 276 g/mol. The summed E-state index contributed by atoms with van der Waals surface area (Å²) >= 11 is 7.41. The van der Waals surface area contributed by atoms with Gasteiger partial charge in [-0.25, -0.2) is 8.78 Å². The number of hydrogen-bond acceptors (Lipinski definition) is 2. The molecule has 0 atom stereocenters. The van der Waals surface area contributed by atoms with E-state index in [1.54, 1.807) is 12.1 Å². The smallest absolute Gasteiger partial charge is 0.159 e. The molecule has 0 aliphatic heterocycles. The first kappa shape index (κ1) is 13.2. The van der Waals surface area contributed by atoms with Crippen molar-refractivity contribution in [2.45, 2.75) is 10.6 Å². The van der Waals surface area contributed by atoms with E-state index in [1.165, 1.54) is 23.9 Å². The van der Waals surface area contributed by atoms with Gasteiger partial charge in [0.25, 0.3) is 0 Å². The van der Waals surface area contributed by atoms with Gasteiger partial charge in [-0.2, -0.15) is 0 Å². The zero-order valence-electron chi connectivity index (χ0n) is 9.29. The Morgan fingerprint density at radius 3 is 2.50 bits per heavy atom. The van der Waals surface area contributed by atoms with E-state index in [2.05, 4.69) is 0 Å². The summed E-state index contributed by atoms with van der Waals surface area (Å²) in [5.41, 5.74) is 7.09. The molecule has 0 unspecified atom stereocenters. The number of nitrogens with two attached hydrogens (primary N) is 1. The quantitative estimate of drug-likeness (QED) is 0.664. The largest absolute Gasteiger partial charge is 0.399 e. The number of rotatable bonds is 3. The molecule has 0 fully saturated rings. The van der Waals surface area contributed by atoms with E-state index in [9.17, 15) is 8.78 Å². The Morgan fingerprint density at radius 1 is 1.06 bits per heavy atom. The fourth-order valence-electron chi connectivity index (χ4n) is 1.41. The molecule has 5 heteroatoms. The third-order valence-electron chi connectivity index (χ3n) is 2.36. The van der Waals surface area contributed by atoms with Gasteiger partial charge in [0.2, 0.25) is 0 Å². The molecule has 0 heterocycles. The van der Waals surface area contributed by atoms with Gasteiger partial charge >= 0.3 is 0 Å². The Kier molecular flexibility index (Phi) is 4.09. The third kappa shape index (κ3) is 3.15. The van der Waals surface area contributed by atoms with Crippen molar-refractivity contribution < 1.29 is 8.78 Å². The van der Waals surface area contributed by atoms with Crippen molar-refractivity contribution in [3.63, 3.8) is 0 Å². The predicted octanol–water partition coefficient (Wildman–Crippen LogP) is 4.49. The first-order valence-corrected chi connectivity index (χ1v) is 6.54. The maximum Gasteiger partial charge on any atom is 0.159 e. The summed E-state index contributed by atoms with van der Waals surface area (Å²) in [6.07, 6.45) is 0. The van der Waals surface area contributed by atoms with Gasteiger partial charge in [-0.15, -0.1) is 11.8 Å². The van der Waals surface area contributed by atoms with Crippen LogP contribution in [-0.4, -0.2) is 0 Å². The molecule has 0 radical (unpaired) electrons. The van der Waals surface area contributed by atoms with Crippen molar-refractivity contribution in [2.24, 2.45) is 0 Å². The number of anilines is 1. The van der Waals surface area contributed by atoms with Crippen LogP contribution in [0.2, 0.25) is 5.02 Å². The van der Waals surface area contributed by atoms with Crippen LogP contribution in [0.15, 0.2) is 41.3 Å². The van der Waals surface area contributed by atoms with E-state index in [0.29, 0.717) is 21.4 Å². The summed E-state index contributed by atoms with van der Waals surface area (Å²) in [5, 5.41) is 0.574. The predicted molar refractivity (Wildman–Crippen MR) is 71.8 cm³/mol. The van der Waals surface area contributed by atoms with Crippen molar-refractivity contribution in [3.05, 3.63) is 58.6 Å². The van der Waals surface area contributed by atoms with E-state index in [0.717, 1.165) is 11.6 Å². The summed E-state index contributed by atoms with van der Waals surface area (Å²) in [6.45, 7) is 0. The molecular formula is C13H10ClF2NS. The van der Waals surface area contributed by atoms with Crippen molar-refractivity contribution in [1.29, 1.82) is 0 Å². The molecule has 2 rings (SSSR count). The highest BCUT2D eigenvalue weighted by Crippen LogP contribution is 2.28. The lowest BCUT2D eigenvalue weighted by Crippen LogP contribution is -1.88. The second-order valence-corrected chi connectivity index (χ2v) is 5.17. The Bertz CT molecular complexity index is 575. The Morgan fingerprint density at radius 2 is 1.83 bits per heavy atom. The molecule has 18 heavy (non-hydrogen) atoms. The summed E-state index contributed by atoms with van der Waals surface area (Å²) in [7, 11) is 0. The second kappa shape index (κ2) is 5.59. The molecule has 94 valence electrons. The van der Waals surface area contributed by atoms with Crippen molar-refractivity contribution in [1.82, 2.24) is 0 Å². The minimum Gasteiger partial charge on any atom is -0.399 e. The number of benzene rings is 2. The fourth-order valence-corrected chi connectivity index (χ4v) is 2.67. The molecule has 0 aliphatic rings. The lowest BCUT2D eigenvalue weighted by molar-refractivity contribution is 0.506. The van der Waals surface area contributed by atoms with Crippen LogP contribution < -0.4 is 5.73 Å². The van der Waals surface area contributed by atoms with Gasteiger partial charge in [-0.1, -0.05) is 17.7 Å². The minimum absolute atomic E-state index is 0.574. The Hall–Kier alpha value is -1.26. The maximum atomic E-state index is 13.0. The van der Waals surface area contributed by atoms with E-state index in [-0.39, 0.29) is 0 Å². The third-order valence-corrected chi connectivity index (χ3v) is 3.76. The average molecular weight is 286 g/mol. The van der Waals surface area contributed by atoms with Gasteiger partial charge in [-0.3, -0.25) is 0 Å². The SMILES string of the molecule is Nc1ccc(CSc2ccc(F)c(F)c2)c(Cl)c1. The number of thioether (sulfide) groups is 1. The van der Waals surface area contributed by atoms with Crippen molar-refractivity contribution in [3.8, 4) is 0 Å². The molecule has 1 nitrogen and oxygen atoms in total. The minimum atomic E-state index is -0.844. The van der Waals surface area contributed by atoms with Gasteiger partial charge in [0.05, 0.1) is 0 Å². The van der Waals surface area contributed by atoms with Gasteiger partial charge < -0.3 is 5.73 Å². The topological polar surface area (TPSA) is 26.0 Å². The zero-order valence-corrected chi connectivity index (χ0v) is 10.9. The summed E-state index contributed by atoms with van der Waals surface area (Å²) in [6, 6.07) is 9.07. The fraction of sp³-hybridized carbons (Fsp3) is 0.0769. The summed E-state index contributed by atoms with van der Waals surface area (Å²) in [4.78, 5) is 0.654. The Labute approximate surface area is 113 Å². The van der Waals surface area contributed by atoms with Gasteiger partial charge in [0.15, 0.2) is 11.6 Å². The molecule has 0 amide bonds. The normalized spacial score (nSPS) is 10.6. The second-order valence-electron chi connectivity index (χ2n) is 3.72. The summed E-state index contributed by atoms with van der Waals surface area (Å²) < 4.78 is 25.8. The lowest BCUT2D eigenvalue weighted by atomic mass is 10.2. The highest BCUT2D eigenvalue weighted by molar-refractivity contribution is 7.98. The molecule has 0 aliphatic carbocycles. The van der Waals surface area contributed by atoms with Crippen LogP contribution in [0.3, 0.4) is 0 Å². The van der Waals surface area contributed by atoms with Gasteiger partial charge in [0.1, 0.15) is 0 Å². The molecule has 0 saturated carbocycles. The molecule has 2 N–H and O–H groups in total. The maximum absolute atomic E-state index is 13.0. The van der Waals surface area contributed by atoms with Crippen LogP contribution >= 0.6 is 23.4 Å². The average Bonchev–Trinajstić information content (AvgIpc) is 2.32. The molecule has 0 bridgehead atoms. The summed E-state index contributed by atoms with van der Waals surface area (Å²) in [5.74, 6) is -1.11. The lowest BCUT2D eigenvalue weighted by Gasteiger charge is -2.05. The molecule has 2 aromatic carbocycles. The van der Waals surface area contributed by atoms with Crippen molar-refractivity contribution in [2.75, 3.05) is 5.73 Å². The number of halogens is 3. The van der Waals surface area contributed by atoms with E-state index >= 15 is 0 Å². The van der Waals surface area contributed by atoms with Gasteiger partial charge in [-0.05, 0) is 35.9 Å². The van der Waals surface area contributed by atoms with E-state index in [4.69, 9.17) is 17.3 Å². The van der Waals surface area contributed by atoms with Crippen LogP contribution in [0, 0.1) is 11.6 Å². The van der Waals surface area contributed by atoms with E-state index in [1.807, 2.05) is 6.07 Å². The van der Waals surface area contributed by atoms with Crippen LogP contribution in [0.5, 0.6) is 0 Å². The molecule has 0 spiro atoms. The zero-order chi connectivity index (χ0) is 13.1. The monoisotopic (exact) mass is 285 g/mol. The highest BCUT2D eigenvalue weighted by atomic mass is 35.5. The number of hydrogen-bond donors (Lipinski definition) is 1. The van der Waals surface area contributed by atoms with Crippen LogP contribution in [0.25, 0.3) is 0 Å².